The quantitative estimate of drug-likeness (QED) is 0.177. The van der Waals surface area contributed by atoms with Gasteiger partial charge in [0.2, 0.25) is 23.1 Å². The highest BCUT2D eigenvalue weighted by molar-refractivity contribution is 6.54. The molecule has 0 atom stereocenters. The molecule has 0 aliphatic heterocycles. The monoisotopic (exact) mass is 676 g/mol. The van der Waals surface area contributed by atoms with Crippen molar-refractivity contribution in [3.8, 4) is 22.6 Å². The van der Waals surface area contributed by atoms with Crippen LogP contribution in [-0.4, -0.2) is 23.1 Å². The normalized spacial score (nSPS) is 18.2. The number of carbonyl (C=O) groups excluding carboxylic acids is 4. The maximum atomic E-state index is 14.0. The number of hydrogen-bond donors (Lipinski definition) is 0. The number of hydrogen-bond acceptors (Lipinski definition) is 6. The van der Waals surface area contributed by atoms with Crippen LogP contribution in [0.25, 0.3) is 22.6 Å². The minimum Gasteiger partial charge on any atom is -0.459 e. The first kappa shape index (κ1) is 31.9. The van der Waals surface area contributed by atoms with Crippen LogP contribution in [0, 0.1) is 13.8 Å². The standard InChI is InChI=1S/C45H40O6/c1-22-31-36(46)38(48)34-25-14-10-20-44(3,4)29(25)18-16-27(34)42(31)50-40(22)33(24-12-8-7-9-13-24)41-23(2)32-37(47)39(49)35-26-15-11-21-45(5,6)30(26)19-17-28(35)43(32)51-41/h7-9,12-13,16-19,33H,10-11,14-15,20-21H2,1-6H3. The van der Waals surface area contributed by atoms with Crippen LogP contribution < -0.4 is 0 Å². The molecule has 256 valence electrons. The molecular weight excluding hydrogens is 636 g/mol. The van der Waals surface area contributed by atoms with E-state index in [2.05, 4.69) is 39.8 Å². The van der Waals surface area contributed by atoms with Crippen LogP contribution in [0.5, 0.6) is 0 Å². The topological polar surface area (TPSA) is 94.6 Å². The van der Waals surface area contributed by atoms with Gasteiger partial charge in [0, 0.05) is 33.4 Å². The van der Waals surface area contributed by atoms with Crippen molar-refractivity contribution in [1.82, 2.24) is 0 Å². The third-order valence-corrected chi connectivity index (χ3v) is 12.4. The molecule has 0 fully saturated rings. The molecule has 2 aromatic heterocycles. The van der Waals surface area contributed by atoms with Gasteiger partial charge in [0.25, 0.3) is 0 Å². The molecule has 9 rings (SSSR count). The zero-order valence-electron chi connectivity index (χ0n) is 30.0. The van der Waals surface area contributed by atoms with Gasteiger partial charge in [-0.2, -0.15) is 0 Å². The summed E-state index contributed by atoms with van der Waals surface area (Å²) in [6.45, 7) is 12.4. The molecule has 0 saturated carbocycles. The van der Waals surface area contributed by atoms with Crippen LogP contribution in [0.4, 0.5) is 0 Å². The van der Waals surface area contributed by atoms with Crippen LogP contribution >= 0.6 is 0 Å². The Kier molecular flexibility index (Phi) is 6.69. The largest absolute Gasteiger partial charge is 0.459 e. The lowest BCUT2D eigenvalue weighted by molar-refractivity contribution is 0.0813. The molecule has 0 amide bonds. The molecule has 4 aliphatic carbocycles. The van der Waals surface area contributed by atoms with Crippen molar-refractivity contribution in [3.05, 3.63) is 127 Å². The van der Waals surface area contributed by atoms with Gasteiger partial charge < -0.3 is 8.83 Å². The Labute approximate surface area is 297 Å². The summed E-state index contributed by atoms with van der Waals surface area (Å²) in [5.41, 5.74) is 8.66. The number of carbonyl (C=O) groups is 4. The van der Waals surface area contributed by atoms with Gasteiger partial charge in [0.05, 0.1) is 11.1 Å². The Morgan fingerprint density at radius 1 is 0.549 bits per heavy atom. The van der Waals surface area contributed by atoms with Crippen LogP contribution in [0.3, 0.4) is 0 Å². The molecule has 0 spiro atoms. The van der Waals surface area contributed by atoms with E-state index in [1.54, 1.807) is 0 Å². The van der Waals surface area contributed by atoms with E-state index in [9.17, 15) is 19.2 Å². The lowest BCUT2D eigenvalue weighted by Crippen LogP contribution is -2.29. The zero-order chi connectivity index (χ0) is 35.7. The van der Waals surface area contributed by atoms with Crippen molar-refractivity contribution < 1.29 is 28.0 Å². The van der Waals surface area contributed by atoms with Crippen LogP contribution in [0.1, 0.15) is 151 Å². The van der Waals surface area contributed by atoms with E-state index in [0.717, 1.165) is 66.3 Å². The average Bonchev–Trinajstić information content (AvgIpc) is 3.62. The first-order valence-corrected chi connectivity index (χ1v) is 18.1. The van der Waals surface area contributed by atoms with Gasteiger partial charge in [-0.25, -0.2) is 0 Å². The van der Waals surface area contributed by atoms with Gasteiger partial charge in [-0.3, -0.25) is 19.2 Å². The summed E-state index contributed by atoms with van der Waals surface area (Å²) in [4.78, 5) is 56.0. The predicted octanol–water partition coefficient (Wildman–Crippen LogP) is 9.99. The second kappa shape index (κ2) is 10.7. The molecule has 6 heteroatoms. The average molecular weight is 677 g/mol. The van der Waals surface area contributed by atoms with E-state index in [-0.39, 0.29) is 22.0 Å². The lowest BCUT2D eigenvalue weighted by atomic mass is 9.69. The Morgan fingerprint density at radius 3 is 1.39 bits per heavy atom. The maximum Gasteiger partial charge on any atom is 0.237 e. The van der Waals surface area contributed by atoms with E-state index in [0.29, 0.717) is 56.4 Å². The SMILES string of the molecule is Cc1c(C(c2ccccc2)c2oc3c(c2C)C(=O)C(=O)c2c-3ccc3c2CCCC3(C)C)oc2c1C(=O)C(=O)c1c-2ccc2c1CCCC2(C)C. The zero-order valence-corrected chi connectivity index (χ0v) is 30.0. The number of Topliss-reactive ketones (excluding diaryl/α,β-unsaturated/α-hetero) is 4. The second-order valence-corrected chi connectivity index (χ2v) is 16.3. The number of ketones is 4. The Bertz CT molecular complexity index is 2260. The fraction of sp³-hybridized carbons (Fsp3) is 0.333. The van der Waals surface area contributed by atoms with Crippen molar-refractivity contribution in [2.45, 2.75) is 96.8 Å². The first-order chi connectivity index (χ1) is 24.3. The van der Waals surface area contributed by atoms with Crippen molar-refractivity contribution in [1.29, 1.82) is 0 Å². The lowest BCUT2D eigenvalue weighted by Gasteiger charge is -2.34. The molecule has 0 unspecified atom stereocenters. The van der Waals surface area contributed by atoms with Crippen molar-refractivity contribution >= 4 is 23.1 Å². The molecule has 0 N–H and O–H groups in total. The fourth-order valence-electron chi connectivity index (χ4n) is 9.72. The van der Waals surface area contributed by atoms with E-state index < -0.39 is 29.1 Å². The molecule has 2 heterocycles. The Morgan fingerprint density at radius 2 is 0.961 bits per heavy atom. The maximum absolute atomic E-state index is 14.0. The van der Waals surface area contributed by atoms with E-state index in [1.807, 2.05) is 56.3 Å². The molecule has 5 aromatic rings. The van der Waals surface area contributed by atoms with Gasteiger partial charge in [-0.05, 0) is 91.0 Å². The van der Waals surface area contributed by atoms with Gasteiger partial charge >= 0.3 is 0 Å². The number of rotatable bonds is 3. The predicted molar refractivity (Wildman–Crippen MR) is 194 cm³/mol. The summed E-state index contributed by atoms with van der Waals surface area (Å²) in [5, 5.41) is 0. The van der Waals surface area contributed by atoms with Crippen LogP contribution in [0.2, 0.25) is 0 Å². The van der Waals surface area contributed by atoms with E-state index >= 15 is 0 Å². The molecule has 6 nitrogen and oxygen atoms in total. The van der Waals surface area contributed by atoms with Gasteiger partial charge in [-0.1, -0.05) is 82.3 Å². The third kappa shape index (κ3) is 4.28. The Balaban J connectivity index is 1.27. The summed E-state index contributed by atoms with van der Waals surface area (Å²) < 4.78 is 13.6. The Hall–Kier alpha value is -5.10. The van der Waals surface area contributed by atoms with Crippen molar-refractivity contribution in [2.24, 2.45) is 0 Å². The van der Waals surface area contributed by atoms with Gasteiger partial charge in [0.15, 0.2) is 0 Å². The highest BCUT2D eigenvalue weighted by Crippen LogP contribution is 2.51. The van der Waals surface area contributed by atoms with Crippen molar-refractivity contribution in [2.75, 3.05) is 0 Å². The minimum absolute atomic E-state index is 0.0995. The molecule has 0 radical (unpaired) electrons. The highest BCUT2D eigenvalue weighted by atomic mass is 16.4. The smallest absolute Gasteiger partial charge is 0.237 e. The molecule has 4 aliphatic rings. The number of fused-ring (bicyclic) bond motifs is 10. The van der Waals surface area contributed by atoms with Crippen LogP contribution in [0.15, 0.2) is 63.4 Å². The van der Waals surface area contributed by atoms with Gasteiger partial charge in [-0.15, -0.1) is 0 Å². The molecular formula is C45H40O6. The first-order valence-electron chi connectivity index (χ1n) is 18.1. The summed E-state index contributed by atoms with van der Waals surface area (Å²) in [6, 6.07) is 17.8. The highest BCUT2D eigenvalue weighted by Gasteiger charge is 2.45. The molecule has 0 bridgehead atoms. The number of furan rings is 2. The summed E-state index contributed by atoms with van der Waals surface area (Å²) in [7, 11) is 0. The molecule has 3 aromatic carbocycles. The molecule has 51 heavy (non-hydrogen) atoms. The number of benzene rings is 3. The second-order valence-electron chi connectivity index (χ2n) is 16.3. The summed E-state index contributed by atoms with van der Waals surface area (Å²) >= 11 is 0. The van der Waals surface area contributed by atoms with Crippen LogP contribution in [-0.2, 0) is 23.7 Å². The van der Waals surface area contributed by atoms with E-state index in [4.69, 9.17) is 8.83 Å². The van der Waals surface area contributed by atoms with Gasteiger partial charge in [0.1, 0.15) is 29.0 Å². The van der Waals surface area contributed by atoms with Crippen molar-refractivity contribution in [3.63, 3.8) is 0 Å². The summed E-state index contributed by atoms with van der Waals surface area (Å²) in [6.07, 6.45) is 5.39. The molecule has 0 saturated heterocycles. The summed E-state index contributed by atoms with van der Waals surface area (Å²) in [5.74, 6) is -1.03. The minimum atomic E-state index is -0.659. The fourth-order valence-corrected chi connectivity index (χ4v) is 9.72. The van der Waals surface area contributed by atoms with E-state index in [1.165, 1.54) is 0 Å². The third-order valence-electron chi connectivity index (χ3n) is 12.4.